The van der Waals surface area contributed by atoms with Crippen molar-refractivity contribution < 1.29 is 10.2 Å². The van der Waals surface area contributed by atoms with E-state index in [1.807, 2.05) is 0 Å². The molecule has 5 nitrogen and oxygen atoms in total. The lowest BCUT2D eigenvalue weighted by molar-refractivity contribution is 0.461. The molecule has 4 N–H and O–H groups in total. The zero-order chi connectivity index (χ0) is 10.1. The van der Waals surface area contributed by atoms with Gasteiger partial charge in [0.25, 0.3) is 0 Å². The largest absolute Gasteiger partial charge is 0.508 e. The van der Waals surface area contributed by atoms with Gasteiger partial charge in [-0.3, -0.25) is 10.2 Å². The number of H-pyrrole nitrogens is 2. The van der Waals surface area contributed by atoms with Gasteiger partial charge >= 0.3 is 0 Å². The number of aromatic amines is 2. The van der Waals surface area contributed by atoms with E-state index in [-0.39, 0.29) is 11.5 Å². The Labute approximate surface area is 84.1 Å². The molecule has 2 aromatic rings. The van der Waals surface area contributed by atoms with E-state index in [9.17, 15) is 10.2 Å². The molecular formula is C8H7N3O2S. The molecule has 0 aliphatic heterocycles. The van der Waals surface area contributed by atoms with Gasteiger partial charge < -0.3 is 10.2 Å². The SMILES string of the molecule is Oc1ccc(O)c(-c2nc(=S)[nH][nH]2)c1. The lowest BCUT2D eigenvalue weighted by Crippen LogP contribution is -1.81. The number of rotatable bonds is 1. The minimum atomic E-state index is 0.0283. The number of phenols is 2. The van der Waals surface area contributed by atoms with E-state index in [1.54, 1.807) is 0 Å². The molecule has 1 heterocycles. The van der Waals surface area contributed by atoms with Gasteiger partial charge in [0.2, 0.25) is 4.77 Å². The van der Waals surface area contributed by atoms with Gasteiger partial charge in [0.1, 0.15) is 11.5 Å². The minimum absolute atomic E-state index is 0.0283. The Hall–Kier alpha value is -1.82. The third-order valence-corrected chi connectivity index (χ3v) is 1.93. The molecule has 0 saturated heterocycles. The number of nitrogens with zero attached hydrogens (tertiary/aromatic N) is 1. The first kappa shape index (κ1) is 8.76. The highest BCUT2D eigenvalue weighted by Gasteiger charge is 2.07. The summed E-state index contributed by atoms with van der Waals surface area (Å²) in [6.45, 7) is 0. The first-order valence-corrected chi connectivity index (χ1v) is 4.24. The first-order chi connectivity index (χ1) is 6.66. The Kier molecular flexibility index (Phi) is 1.97. The lowest BCUT2D eigenvalue weighted by Gasteiger charge is -2.00. The number of aromatic hydroxyl groups is 2. The summed E-state index contributed by atoms with van der Waals surface area (Å²) in [5.74, 6) is 0.476. The van der Waals surface area contributed by atoms with Crippen LogP contribution >= 0.6 is 12.2 Å². The molecule has 0 unspecified atom stereocenters. The van der Waals surface area contributed by atoms with E-state index in [1.165, 1.54) is 18.2 Å². The standard InChI is InChI=1S/C8H7N3O2S/c12-4-1-2-6(13)5(3-4)7-9-8(14)11-10-7/h1-3,12-13H,(H2,9,10,11,14). The minimum Gasteiger partial charge on any atom is -0.508 e. The summed E-state index contributed by atoms with van der Waals surface area (Å²) in [5, 5.41) is 24.0. The van der Waals surface area contributed by atoms with E-state index in [4.69, 9.17) is 12.2 Å². The Morgan fingerprint density at radius 1 is 1.21 bits per heavy atom. The Bertz CT molecular complexity index is 517. The molecule has 0 aliphatic carbocycles. The van der Waals surface area contributed by atoms with Crippen LogP contribution < -0.4 is 0 Å². The smallest absolute Gasteiger partial charge is 0.213 e. The first-order valence-electron chi connectivity index (χ1n) is 3.84. The van der Waals surface area contributed by atoms with Gasteiger partial charge in [-0.05, 0) is 30.4 Å². The van der Waals surface area contributed by atoms with E-state index >= 15 is 0 Å². The summed E-state index contributed by atoms with van der Waals surface area (Å²) in [7, 11) is 0. The predicted molar refractivity (Wildman–Crippen MR) is 52.5 cm³/mol. The second-order valence-electron chi connectivity index (χ2n) is 2.72. The van der Waals surface area contributed by atoms with Crippen molar-refractivity contribution in [3.63, 3.8) is 0 Å². The molecule has 0 aliphatic rings. The maximum atomic E-state index is 9.48. The molecule has 0 spiro atoms. The zero-order valence-corrected chi connectivity index (χ0v) is 7.80. The molecule has 0 bridgehead atoms. The van der Waals surface area contributed by atoms with Crippen molar-refractivity contribution in [3.8, 4) is 22.9 Å². The van der Waals surface area contributed by atoms with Gasteiger partial charge in [-0.2, -0.15) is 4.98 Å². The zero-order valence-electron chi connectivity index (χ0n) is 6.98. The van der Waals surface area contributed by atoms with Crippen molar-refractivity contribution in [2.45, 2.75) is 0 Å². The second kappa shape index (κ2) is 3.15. The molecule has 1 aromatic carbocycles. The van der Waals surface area contributed by atoms with Crippen molar-refractivity contribution in [2.75, 3.05) is 0 Å². The van der Waals surface area contributed by atoms with Crippen molar-refractivity contribution in [3.05, 3.63) is 23.0 Å². The number of phenolic OH excluding ortho intramolecular Hbond substituents is 2. The van der Waals surface area contributed by atoms with Crippen LogP contribution in [0.3, 0.4) is 0 Å². The van der Waals surface area contributed by atoms with Crippen molar-refractivity contribution in [2.24, 2.45) is 0 Å². The lowest BCUT2D eigenvalue weighted by atomic mass is 10.2. The van der Waals surface area contributed by atoms with E-state index in [0.29, 0.717) is 16.2 Å². The molecule has 0 atom stereocenters. The van der Waals surface area contributed by atoms with Crippen LogP contribution in [0.1, 0.15) is 0 Å². The Morgan fingerprint density at radius 3 is 2.64 bits per heavy atom. The monoisotopic (exact) mass is 209 g/mol. The maximum absolute atomic E-state index is 9.48. The molecule has 0 fully saturated rings. The predicted octanol–water partition coefficient (Wildman–Crippen LogP) is 1.55. The van der Waals surface area contributed by atoms with Crippen molar-refractivity contribution in [1.82, 2.24) is 15.2 Å². The summed E-state index contributed by atoms with van der Waals surface area (Å²) in [5.41, 5.74) is 0.400. The summed E-state index contributed by atoms with van der Waals surface area (Å²) in [4.78, 5) is 3.92. The quantitative estimate of drug-likeness (QED) is 0.424. The number of nitrogens with one attached hydrogen (secondary N) is 2. The number of hydrogen-bond acceptors (Lipinski definition) is 4. The van der Waals surface area contributed by atoms with Crippen LogP contribution in [0.5, 0.6) is 11.5 Å². The third-order valence-electron chi connectivity index (χ3n) is 1.74. The van der Waals surface area contributed by atoms with Gasteiger partial charge in [-0.25, -0.2) is 0 Å². The fourth-order valence-electron chi connectivity index (χ4n) is 1.11. The molecule has 2 rings (SSSR count). The molecule has 14 heavy (non-hydrogen) atoms. The maximum Gasteiger partial charge on any atom is 0.213 e. The normalized spacial score (nSPS) is 10.3. The molecule has 0 amide bonds. The Morgan fingerprint density at radius 2 is 2.00 bits per heavy atom. The van der Waals surface area contributed by atoms with E-state index in [2.05, 4.69) is 15.2 Å². The molecule has 0 saturated carbocycles. The van der Waals surface area contributed by atoms with Crippen LogP contribution in [0.4, 0.5) is 0 Å². The highest BCUT2D eigenvalue weighted by atomic mass is 32.1. The highest BCUT2D eigenvalue weighted by Crippen LogP contribution is 2.29. The van der Waals surface area contributed by atoms with Gasteiger partial charge in [-0.15, -0.1) is 0 Å². The van der Waals surface area contributed by atoms with Crippen LogP contribution in [-0.2, 0) is 0 Å². The summed E-state index contributed by atoms with van der Waals surface area (Å²) < 4.78 is 0.294. The van der Waals surface area contributed by atoms with Crippen LogP contribution in [0.2, 0.25) is 0 Å². The highest BCUT2D eigenvalue weighted by molar-refractivity contribution is 7.71. The summed E-state index contributed by atoms with van der Waals surface area (Å²) in [6, 6.07) is 4.17. The van der Waals surface area contributed by atoms with Crippen molar-refractivity contribution >= 4 is 12.2 Å². The summed E-state index contributed by atoms with van der Waals surface area (Å²) >= 11 is 4.77. The van der Waals surface area contributed by atoms with Crippen molar-refractivity contribution in [1.29, 1.82) is 0 Å². The fourth-order valence-corrected chi connectivity index (χ4v) is 1.25. The summed E-state index contributed by atoms with van der Waals surface area (Å²) in [6.07, 6.45) is 0. The fraction of sp³-hybridized carbons (Fsp3) is 0. The second-order valence-corrected chi connectivity index (χ2v) is 3.10. The molecule has 0 radical (unpaired) electrons. The van der Waals surface area contributed by atoms with Gasteiger partial charge in [0.15, 0.2) is 5.82 Å². The number of hydrogen-bond donors (Lipinski definition) is 4. The average Bonchev–Trinajstić information content (AvgIpc) is 2.56. The number of aromatic nitrogens is 3. The van der Waals surface area contributed by atoms with Crippen LogP contribution in [0.25, 0.3) is 11.4 Å². The molecule has 72 valence electrons. The van der Waals surface area contributed by atoms with E-state index < -0.39 is 0 Å². The van der Waals surface area contributed by atoms with Gasteiger partial charge in [-0.1, -0.05) is 0 Å². The van der Waals surface area contributed by atoms with E-state index in [0.717, 1.165) is 0 Å². The van der Waals surface area contributed by atoms with Gasteiger partial charge in [0, 0.05) is 0 Å². The Balaban J connectivity index is 2.61. The average molecular weight is 209 g/mol. The number of benzene rings is 1. The van der Waals surface area contributed by atoms with Crippen LogP contribution in [0, 0.1) is 4.77 Å². The molecule has 6 heteroatoms. The van der Waals surface area contributed by atoms with Gasteiger partial charge in [0.05, 0.1) is 5.56 Å². The van der Waals surface area contributed by atoms with Crippen LogP contribution in [0.15, 0.2) is 18.2 Å². The topological polar surface area (TPSA) is 84.9 Å². The molecule has 1 aromatic heterocycles. The molecular weight excluding hydrogens is 202 g/mol. The third kappa shape index (κ3) is 1.47. The van der Waals surface area contributed by atoms with Crippen LogP contribution in [-0.4, -0.2) is 25.4 Å².